The number of rotatable bonds is 6. The molecule has 23 heavy (non-hydrogen) atoms. The smallest absolute Gasteiger partial charge is 0.253 e. The summed E-state index contributed by atoms with van der Waals surface area (Å²) in [6.45, 7) is 0.616. The molecule has 0 saturated carbocycles. The lowest BCUT2D eigenvalue weighted by Crippen LogP contribution is -2.30. The van der Waals surface area contributed by atoms with E-state index in [4.69, 9.17) is 10.6 Å². The zero-order valence-electron chi connectivity index (χ0n) is 12.6. The highest BCUT2D eigenvalue weighted by Gasteiger charge is 2.23. The number of nitrogens with two attached hydrogens (primary N) is 1. The molecule has 3 amide bonds. The highest BCUT2D eigenvalue weighted by molar-refractivity contribution is 5.95. The lowest BCUT2D eigenvalue weighted by atomic mass is 10.2. The van der Waals surface area contributed by atoms with Gasteiger partial charge in [-0.25, -0.2) is 5.84 Å². The number of amides is 3. The van der Waals surface area contributed by atoms with Crippen molar-refractivity contribution in [2.24, 2.45) is 5.84 Å². The molecular weight excluding hydrogens is 300 g/mol. The van der Waals surface area contributed by atoms with Gasteiger partial charge in [0.15, 0.2) is 0 Å². The van der Waals surface area contributed by atoms with Crippen molar-refractivity contribution in [3.63, 3.8) is 0 Å². The third-order valence-corrected chi connectivity index (χ3v) is 3.40. The van der Waals surface area contributed by atoms with Gasteiger partial charge in [-0.2, -0.15) is 0 Å². The minimum Gasteiger partial charge on any atom is -0.368 e. The Morgan fingerprint density at radius 3 is 2.22 bits per heavy atom. The van der Waals surface area contributed by atoms with Gasteiger partial charge in [-0.3, -0.25) is 19.8 Å². The summed E-state index contributed by atoms with van der Waals surface area (Å²) in [5.74, 6) is 4.09. The second kappa shape index (κ2) is 8.25. The summed E-state index contributed by atoms with van der Waals surface area (Å²) in [5, 5.41) is 5.43. The van der Waals surface area contributed by atoms with Gasteiger partial charge in [0, 0.05) is 30.8 Å². The maximum absolute atomic E-state index is 11.9. The summed E-state index contributed by atoms with van der Waals surface area (Å²) in [6.07, 6.45) is 1.31. The van der Waals surface area contributed by atoms with Gasteiger partial charge in [0.2, 0.25) is 11.8 Å². The second-order valence-electron chi connectivity index (χ2n) is 5.18. The molecular formula is C15H20N4O4. The molecule has 1 saturated heterocycles. The minimum absolute atomic E-state index is 0.0257. The predicted octanol–water partition coefficient (Wildman–Crippen LogP) is 0.513. The fourth-order valence-electron chi connectivity index (χ4n) is 2.17. The van der Waals surface area contributed by atoms with Crippen molar-refractivity contribution < 1.29 is 19.1 Å². The molecule has 1 aromatic rings. The topological polar surface area (TPSA) is 123 Å². The molecule has 0 aliphatic carbocycles. The lowest BCUT2D eigenvalue weighted by Gasteiger charge is -2.11. The standard InChI is InChI=1S/C15H20N4O4/c16-19-14(21)8-7-13(20)17-10-3-5-11(6-4-10)18-15(22)12-2-1-9-23-12/h3-6,12H,1-2,7-9,16H2,(H,17,20)(H,18,22)(H,19,21). The number of hydrogen-bond acceptors (Lipinski definition) is 5. The van der Waals surface area contributed by atoms with Crippen LogP contribution in [0.5, 0.6) is 0 Å². The van der Waals surface area contributed by atoms with Crippen molar-refractivity contribution in [2.45, 2.75) is 31.8 Å². The van der Waals surface area contributed by atoms with E-state index in [0.717, 1.165) is 12.8 Å². The van der Waals surface area contributed by atoms with Gasteiger partial charge in [0.25, 0.3) is 5.91 Å². The molecule has 2 rings (SSSR count). The van der Waals surface area contributed by atoms with Crippen molar-refractivity contribution in [1.29, 1.82) is 0 Å². The van der Waals surface area contributed by atoms with Crippen LogP contribution in [0.2, 0.25) is 0 Å². The molecule has 1 fully saturated rings. The molecule has 0 bridgehead atoms. The predicted molar refractivity (Wildman–Crippen MR) is 84.2 cm³/mol. The van der Waals surface area contributed by atoms with Crippen molar-refractivity contribution in [2.75, 3.05) is 17.2 Å². The molecule has 1 aliphatic rings. The van der Waals surface area contributed by atoms with Crippen LogP contribution < -0.4 is 21.9 Å². The molecule has 1 unspecified atom stereocenters. The van der Waals surface area contributed by atoms with E-state index in [1.165, 1.54) is 0 Å². The maximum Gasteiger partial charge on any atom is 0.253 e. The third-order valence-electron chi connectivity index (χ3n) is 3.40. The first-order chi connectivity index (χ1) is 11.1. The quantitative estimate of drug-likeness (QED) is 0.345. The Bertz CT molecular complexity index is 567. The summed E-state index contributed by atoms with van der Waals surface area (Å²) in [4.78, 5) is 34.5. The molecule has 124 valence electrons. The fourth-order valence-corrected chi connectivity index (χ4v) is 2.17. The van der Waals surface area contributed by atoms with Crippen LogP contribution in [0.3, 0.4) is 0 Å². The zero-order chi connectivity index (χ0) is 16.7. The number of hydrazine groups is 1. The van der Waals surface area contributed by atoms with Crippen LogP contribution in [-0.2, 0) is 19.1 Å². The number of anilines is 2. The van der Waals surface area contributed by atoms with Crippen LogP contribution in [0.1, 0.15) is 25.7 Å². The maximum atomic E-state index is 11.9. The summed E-state index contributed by atoms with van der Waals surface area (Å²) in [7, 11) is 0. The van der Waals surface area contributed by atoms with Crippen LogP contribution >= 0.6 is 0 Å². The van der Waals surface area contributed by atoms with E-state index in [-0.39, 0.29) is 30.8 Å². The highest BCUT2D eigenvalue weighted by Crippen LogP contribution is 2.17. The van der Waals surface area contributed by atoms with Crippen molar-refractivity contribution >= 4 is 29.1 Å². The van der Waals surface area contributed by atoms with Gasteiger partial charge in [0.1, 0.15) is 6.10 Å². The summed E-state index contributed by atoms with van der Waals surface area (Å²) in [6, 6.07) is 6.72. The van der Waals surface area contributed by atoms with Crippen LogP contribution in [0.4, 0.5) is 11.4 Å². The first-order valence-corrected chi connectivity index (χ1v) is 7.40. The van der Waals surface area contributed by atoms with Crippen molar-refractivity contribution in [1.82, 2.24) is 5.43 Å². The van der Waals surface area contributed by atoms with Crippen LogP contribution in [0.25, 0.3) is 0 Å². The average molecular weight is 320 g/mol. The number of hydrogen-bond donors (Lipinski definition) is 4. The molecule has 1 aromatic carbocycles. The molecule has 1 atom stereocenters. The van der Waals surface area contributed by atoms with Gasteiger partial charge in [0.05, 0.1) is 0 Å². The van der Waals surface area contributed by atoms with Gasteiger partial charge >= 0.3 is 0 Å². The zero-order valence-corrected chi connectivity index (χ0v) is 12.6. The SMILES string of the molecule is NNC(=O)CCC(=O)Nc1ccc(NC(=O)C2CCCO2)cc1. The first kappa shape index (κ1) is 16.9. The normalized spacial score (nSPS) is 16.7. The van der Waals surface area contributed by atoms with Crippen LogP contribution in [-0.4, -0.2) is 30.4 Å². The Hall–Kier alpha value is -2.45. The third kappa shape index (κ3) is 5.35. The van der Waals surface area contributed by atoms with Crippen LogP contribution in [0.15, 0.2) is 24.3 Å². The molecule has 0 spiro atoms. The van der Waals surface area contributed by atoms with E-state index < -0.39 is 5.91 Å². The van der Waals surface area contributed by atoms with Gasteiger partial charge < -0.3 is 15.4 Å². The molecule has 8 nitrogen and oxygen atoms in total. The Kier molecular flexibility index (Phi) is 6.07. The van der Waals surface area contributed by atoms with Gasteiger partial charge in [-0.1, -0.05) is 0 Å². The Balaban J connectivity index is 1.80. The van der Waals surface area contributed by atoms with Gasteiger partial charge in [-0.15, -0.1) is 0 Å². The summed E-state index contributed by atoms with van der Waals surface area (Å²) >= 11 is 0. The van der Waals surface area contributed by atoms with E-state index in [2.05, 4.69) is 10.6 Å². The Labute approximate surface area is 133 Å². The van der Waals surface area contributed by atoms with Crippen molar-refractivity contribution in [3.05, 3.63) is 24.3 Å². The summed E-state index contributed by atoms with van der Waals surface area (Å²) in [5.41, 5.74) is 3.18. The van der Waals surface area contributed by atoms with E-state index >= 15 is 0 Å². The van der Waals surface area contributed by atoms with E-state index in [0.29, 0.717) is 18.0 Å². The lowest BCUT2D eigenvalue weighted by molar-refractivity contribution is -0.124. The van der Waals surface area contributed by atoms with Gasteiger partial charge in [-0.05, 0) is 37.1 Å². The van der Waals surface area contributed by atoms with Crippen LogP contribution in [0, 0.1) is 0 Å². The average Bonchev–Trinajstić information content (AvgIpc) is 3.09. The number of nitrogens with one attached hydrogen (secondary N) is 3. The van der Waals surface area contributed by atoms with Crippen molar-refractivity contribution in [3.8, 4) is 0 Å². The van der Waals surface area contributed by atoms with E-state index in [1.54, 1.807) is 24.3 Å². The first-order valence-electron chi connectivity index (χ1n) is 7.40. The van der Waals surface area contributed by atoms with E-state index in [1.807, 2.05) is 5.43 Å². The molecule has 8 heteroatoms. The van der Waals surface area contributed by atoms with E-state index in [9.17, 15) is 14.4 Å². The number of carbonyl (C=O) groups excluding carboxylic acids is 3. The summed E-state index contributed by atoms with van der Waals surface area (Å²) < 4.78 is 5.31. The largest absolute Gasteiger partial charge is 0.368 e. The fraction of sp³-hybridized carbons (Fsp3) is 0.400. The Morgan fingerprint density at radius 1 is 1.04 bits per heavy atom. The number of ether oxygens (including phenoxy) is 1. The monoisotopic (exact) mass is 320 g/mol. The molecule has 0 radical (unpaired) electrons. The second-order valence-corrected chi connectivity index (χ2v) is 5.18. The molecule has 1 heterocycles. The highest BCUT2D eigenvalue weighted by atomic mass is 16.5. The number of carbonyl (C=O) groups is 3. The number of benzene rings is 1. The molecule has 0 aromatic heterocycles. The Morgan fingerprint density at radius 2 is 1.65 bits per heavy atom. The molecule has 5 N–H and O–H groups in total. The minimum atomic E-state index is -0.396. The molecule has 1 aliphatic heterocycles.